The third kappa shape index (κ3) is 24.8. The van der Waals surface area contributed by atoms with E-state index in [0.29, 0.717) is 85.5 Å². The molecule has 0 bridgehead atoms. The van der Waals surface area contributed by atoms with Gasteiger partial charge in [-0.2, -0.15) is 0 Å². The van der Waals surface area contributed by atoms with Gasteiger partial charge in [-0.3, -0.25) is 16.0 Å². The number of unbranched alkanes of at least 4 members (excludes halogenated alkanes) is 6. The van der Waals surface area contributed by atoms with Crippen molar-refractivity contribution in [3.63, 3.8) is 0 Å². The van der Waals surface area contributed by atoms with Crippen molar-refractivity contribution in [3.05, 3.63) is 210 Å². The molecule has 0 spiro atoms. The van der Waals surface area contributed by atoms with Crippen molar-refractivity contribution in [2.75, 3.05) is 58.7 Å². The molecule has 12 atom stereocenters. The number of nitrogen functional groups attached to an aromatic ring is 4. The number of pyridine rings is 4. The molecular formula is C105H134Br2N20O12. The number of hydrogen-bond acceptors (Lipinski definition) is 26. The summed E-state index contributed by atoms with van der Waals surface area (Å²) in [4.78, 5) is 79.3. The summed E-state index contributed by atoms with van der Waals surface area (Å²) >= 11 is 6.78. The minimum atomic E-state index is -0.935. The Morgan fingerprint density at radius 2 is 0.799 bits per heavy atom. The lowest BCUT2D eigenvalue weighted by molar-refractivity contribution is -0.168. The fourth-order valence-corrected chi connectivity index (χ4v) is 19.7. The lowest BCUT2D eigenvalue weighted by Crippen LogP contribution is -2.35. The number of carbonyl (C=O) groups excluding carboxylic acids is 3. The Labute approximate surface area is 829 Å². The summed E-state index contributed by atoms with van der Waals surface area (Å²) in [5.74, 6) is 2.09. The van der Waals surface area contributed by atoms with E-state index in [9.17, 15) is 24.6 Å². The molecule has 3 saturated carbocycles. The molecule has 14 aromatic rings. The summed E-state index contributed by atoms with van der Waals surface area (Å²) < 4.78 is 49.2. The van der Waals surface area contributed by atoms with Crippen LogP contribution in [0.15, 0.2) is 199 Å². The Balaban J connectivity index is 0.000000164. The number of aliphatic hydroxyl groups excluding tert-OH is 2. The second-order valence-corrected chi connectivity index (χ2v) is 39.3. The molecule has 19 rings (SSSR count). The van der Waals surface area contributed by atoms with E-state index in [2.05, 4.69) is 172 Å². The van der Waals surface area contributed by atoms with E-state index in [1.165, 1.54) is 24.5 Å². The lowest BCUT2D eigenvalue weighted by atomic mass is 9.80. The van der Waals surface area contributed by atoms with Crippen LogP contribution in [0.3, 0.4) is 0 Å². The van der Waals surface area contributed by atoms with Crippen LogP contribution in [0.2, 0.25) is 0 Å². The van der Waals surface area contributed by atoms with Crippen LogP contribution in [-0.2, 0) is 46.0 Å². The first-order valence-corrected chi connectivity index (χ1v) is 48.2. The number of nitrogens with zero attached hydrogens (tertiary/aromatic N) is 13. The van der Waals surface area contributed by atoms with Crippen molar-refractivity contribution in [3.8, 4) is 0 Å². The molecule has 740 valence electrons. The number of anilines is 7. The van der Waals surface area contributed by atoms with Gasteiger partial charge in [0.15, 0.2) is 11.6 Å². The molecule has 2 aliphatic heterocycles. The van der Waals surface area contributed by atoms with Crippen LogP contribution in [0.5, 0.6) is 0 Å². The zero-order chi connectivity index (χ0) is 96.4. The van der Waals surface area contributed by atoms with Crippen LogP contribution in [0.1, 0.15) is 211 Å². The number of ether oxygens (including phenoxy) is 7. The number of hydrogen-bond donors (Lipinski definition) is 9. The summed E-state index contributed by atoms with van der Waals surface area (Å²) in [6.07, 6.45) is 23.3. The maximum Gasteiger partial charge on any atom is 0.412 e. The van der Waals surface area contributed by atoms with Gasteiger partial charge >= 0.3 is 18.3 Å². The maximum absolute atomic E-state index is 12.2. The monoisotopic (exact) mass is 2020 g/mol. The zero-order valence-electron chi connectivity index (χ0n) is 78.5. The number of amides is 3. The van der Waals surface area contributed by atoms with E-state index >= 15 is 0 Å². The molecule has 3 aliphatic carbocycles. The molecule has 32 nitrogen and oxygen atoms in total. The number of nitrogens with one attached hydrogen (secondary N) is 3. The standard InChI is InChI=1S/C32H40N6O4.C29H36N6O4.C17H22N4O2.C15H17BrN2O2.C9H7BrN2.3CH4/c1-5-6-7-16-40-30(39)37-25-11-10-21-9-8-20(17-23(21)36-25)12-14-32(4)18-24(26-27(32)42-31(2,3)41-26)38-15-13-22-28(33)34-19-35-29(22)38;1-3-4-5-14-39-28(38)34-23-9-8-19-7-6-18(15-21(19)33-23)10-12-29(2)16-22(24(36)25(29)37)35-13-11-20-26(30)31-17-32-27(20)35;1-5-17(4)8-11(12-13(17)23-16(2,3)22-12)21-7-6-10-14(18)19-9-20-15(10)21;1-2-3-4-9-20-15(19)18-14-8-6-11-5-7-12(16)10-13(11)17-14;10-7-3-1-6-2-4-9(11)12-8(6)5-7;;;/h8-11,13,15,17,19,24,26-27H,5-7,12,14,16,18H2,1-4H3,(H2,33,34,35)(H,36,37,39);6-9,11,13,15,17,22,24-25,36-37H,3-5,10,12,14,16H2,1-2H3,(H2,30,31,32)(H,33,34,38);5-7,9,11-13H,1,8H2,2-4H3,(H2,18,19,20);5-8,10H,2-4,9H2,1H3,(H,17,18,19);1-5H,(H2,11,12);3*1H4/t24?,26-,27-,32-;22-,24+,25+,29+;11?,12-,13-,17-;;;;;/m010...../s1. The van der Waals surface area contributed by atoms with Gasteiger partial charge in [-0.25, -0.2) is 64.2 Å². The summed E-state index contributed by atoms with van der Waals surface area (Å²) in [6.45, 7) is 26.0. The topological polar surface area (TPSA) is 440 Å². The minimum Gasteiger partial charge on any atom is -0.449 e. The Morgan fingerprint density at radius 1 is 0.446 bits per heavy atom. The summed E-state index contributed by atoms with van der Waals surface area (Å²) in [6, 6.07) is 44.7. The number of benzene rings is 4. The number of halogens is 2. The minimum absolute atomic E-state index is 0. The molecule has 2 unspecified atom stereocenters. The average molecular weight is 2030 g/mol. The predicted molar refractivity (Wildman–Crippen MR) is 558 cm³/mol. The van der Waals surface area contributed by atoms with Crippen LogP contribution in [0.4, 0.5) is 55.1 Å². The number of aryl methyl sites for hydroxylation is 2. The van der Waals surface area contributed by atoms with E-state index in [-0.39, 0.29) is 75.7 Å². The Kier molecular flexibility index (Phi) is 34.9. The first-order chi connectivity index (χ1) is 65.2. The summed E-state index contributed by atoms with van der Waals surface area (Å²) in [7, 11) is 0. The highest BCUT2D eigenvalue weighted by Crippen LogP contribution is 2.57. The van der Waals surface area contributed by atoms with Crippen LogP contribution in [0, 0.1) is 16.2 Å². The predicted octanol–water partition coefficient (Wildman–Crippen LogP) is 22.9. The van der Waals surface area contributed by atoms with Crippen molar-refractivity contribution in [1.29, 1.82) is 0 Å². The van der Waals surface area contributed by atoms with Gasteiger partial charge in [0, 0.05) is 54.5 Å². The van der Waals surface area contributed by atoms with E-state index in [0.717, 1.165) is 169 Å². The first kappa shape index (κ1) is 106. The van der Waals surface area contributed by atoms with E-state index < -0.39 is 47.5 Å². The molecule has 5 fully saturated rings. The van der Waals surface area contributed by atoms with Crippen LogP contribution in [0.25, 0.3) is 76.7 Å². The summed E-state index contributed by atoms with van der Waals surface area (Å²) in [5.41, 5.74) is 30.7. The Bertz CT molecular complexity index is 6580. The number of nitrogens with two attached hydrogens (primary N) is 4. The van der Waals surface area contributed by atoms with Crippen molar-refractivity contribution >= 4 is 168 Å². The van der Waals surface area contributed by atoms with Gasteiger partial charge in [0.25, 0.3) is 0 Å². The van der Waals surface area contributed by atoms with Crippen molar-refractivity contribution in [1.82, 2.24) is 63.5 Å². The van der Waals surface area contributed by atoms with Crippen molar-refractivity contribution in [2.24, 2.45) is 16.2 Å². The van der Waals surface area contributed by atoms with Gasteiger partial charge in [0.05, 0.1) is 94.5 Å². The normalized spacial score (nSPS) is 22.2. The van der Waals surface area contributed by atoms with Gasteiger partial charge in [-0.1, -0.05) is 177 Å². The molecule has 139 heavy (non-hydrogen) atoms. The molecule has 10 aromatic heterocycles. The van der Waals surface area contributed by atoms with Gasteiger partial charge in [0.1, 0.15) is 95.0 Å². The second kappa shape index (κ2) is 45.8. The van der Waals surface area contributed by atoms with E-state index in [1.54, 1.807) is 24.3 Å². The fraction of sp³-hybridized carbons (Fsp3) is 0.438. The molecule has 12 heterocycles. The molecular weight excluding hydrogens is 1890 g/mol. The smallest absolute Gasteiger partial charge is 0.412 e. The Morgan fingerprint density at radius 3 is 1.22 bits per heavy atom. The number of rotatable bonds is 25. The maximum atomic E-state index is 12.2. The fourth-order valence-electron chi connectivity index (χ4n) is 19.0. The van der Waals surface area contributed by atoms with Gasteiger partial charge in [-0.15, -0.1) is 6.58 Å². The summed E-state index contributed by atoms with van der Waals surface area (Å²) in [5, 5.41) is 36.8. The van der Waals surface area contributed by atoms with E-state index in [4.69, 9.17) is 56.1 Å². The second-order valence-electron chi connectivity index (χ2n) is 37.4. The molecule has 2 saturated heterocycles. The molecule has 5 aliphatic rings. The van der Waals surface area contributed by atoms with Crippen LogP contribution in [-0.4, -0.2) is 160 Å². The molecule has 0 radical (unpaired) electrons. The number of fused-ring (bicyclic) bond motifs is 9. The van der Waals surface area contributed by atoms with Crippen molar-refractivity contribution in [2.45, 2.75) is 261 Å². The number of carbonyl (C=O) groups is 3. The average Bonchev–Trinajstić information content (AvgIpc) is 1.57. The zero-order valence-corrected chi connectivity index (χ0v) is 81.7. The van der Waals surface area contributed by atoms with Crippen LogP contribution >= 0.6 is 31.9 Å². The molecule has 3 amide bonds. The highest BCUT2D eigenvalue weighted by molar-refractivity contribution is 9.10. The van der Waals surface area contributed by atoms with Gasteiger partial charge in [-0.05, 0) is 217 Å². The van der Waals surface area contributed by atoms with Gasteiger partial charge in [0.2, 0.25) is 0 Å². The SMILES string of the molecule is C.C.C.C=C[C@@]1(C)CC(n2ccc3c(N)ncnc32)[C@@H]2OC(C)(C)O[C@@H]21.CCCCCOC(=O)Nc1ccc2ccc(Br)cc2n1.CCCCCOC(=O)Nc1ccc2ccc(CC[C@@]3(C)CC(n4ccc5c(N)ncnc54)[C@@H]4OC(C)(C)O[C@@H]43)cc2n1.CCCCCOC(=O)Nc1ccc2ccc(CC[C@@]3(C)C[C@@H](n4ccc5c(N)ncnc54)[C@H](O)[C@@H]3O)cc2n1.Nc1ccc2ccc(Br)cc2n1. The molecule has 13 N–H and O–H groups in total. The third-order valence-electron chi connectivity index (χ3n) is 26.4. The largest absolute Gasteiger partial charge is 0.449 e. The lowest BCUT2D eigenvalue weighted by Gasteiger charge is -2.32. The number of aliphatic hydroxyl groups is 2. The highest BCUT2D eigenvalue weighted by atomic mass is 79.9. The van der Waals surface area contributed by atoms with E-state index in [1.807, 2.05) is 155 Å². The highest BCUT2D eigenvalue weighted by Gasteiger charge is 2.61. The Hall–Kier alpha value is -12.2. The first-order valence-electron chi connectivity index (χ1n) is 46.6. The third-order valence-corrected chi connectivity index (χ3v) is 27.4. The quantitative estimate of drug-likeness (QED) is 0.0146. The molecule has 4 aromatic carbocycles. The van der Waals surface area contributed by atoms with Gasteiger partial charge < -0.3 is 80.0 Å². The number of aromatic nitrogens is 13. The molecule has 34 heteroatoms. The van der Waals surface area contributed by atoms with Crippen molar-refractivity contribution < 1.29 is 57.8 Å². The van der Waals surface area contributed by atoms with Crippen LogP contribution < -0.4 is 38.9 Å².